The quantitative estimate of drug-likeness (QED) is 0.353. The summed E-state index contributed by atoms with van der Waals surface area (Å²) in [6.45, 7) is 5.07. The highest BCUT2D eigenvalue weighted by molar-refractivity contribution is 14.1. The molecular weight excluding hydrogens is 489 g/mol. The summed E-state index contributed by atoms with van der Waals surface area (Å²) < 4.78 is 12.4. The zero-order valence-electron chi connectivity index (χ0n) is 15.6. The molecule has 0 atom stereocenters. The molecule has 0 aromatic heterocycles. The van der Waals surface area contributed by atoms with E-state index in [0.29, 0.717) is 35.3 Å². The van der Waals surface area contributed by atoms with Gasteiger partial charge in [0.25, 0.3) is 11.1 Å². The summed E-state index contributed by atoms with van der Waals surface area (Å²) in [5.74, 6) is 1.02. The Morgan fingerprint density at radius 2 is 1.86 bits per heavy atom. The summed E-state index contributed by atoms with van der Waals surface area (Å²) in [5, 5.41) is -0.301. The number of carbonyl (C=O) groups is 2. The largest absolute Gasteiger partial charge is 0.490 e. The predicted molar refractivity (Wildman–Crippen MR) is 121 cm³/mol. The van der Waals surface area contributed by atoms with Crippen LogP contribution in [0.15, 0.2) is 47.4 Å². The molecular formula is C21H20INO4S. The topological polar surface area (TPSA) is 55.8 Å². The van der Waals surface area contributed by atoms with Crippen LogP contribution in [0.2, 0.25) is 0 Å². The highest BCUT2D eigenvalue weighted by Gasteiger charge is 2.36. The molecule has 0 saturated carbocycles. The highest BCUT2D eigenvalue weighted by atomic mass is 127. The van der Waals surface area contributed by atoms with Crippen LogP contribution in [0.25, 0.3) is 6.08 Å². The number of ether oxygens (including phenoxy) is 2. The smallest absolute Gasteiger partial charge is 0.298 e. The van der Waals surface area contributed by atoms with Crippen molar-refractivity contribution in [3.8, 4) is 11.5 Å². The minimum absolute atomic E-state index is 0.301. The number of anilines is 1. The molecule has 1 saturated heterocycles. The zero-order valence-corrected chi connectivity index (χ0v) is 18.6. The summed E-state index contributed by atoms with van der Waals surface area (Å²) in [6.07, 6.45) is 2.62. The number of amides is 2. The number of hydrogen-bond donors (Lipinski definition) is 0. The van der Waals surface area contributed by atoms with Crippen LogP contribution < -0.4 is 14.4 Å². The number of benzene rings is 2. The lowest BCUT2D eigenvalue weighted by Gasteiger charge is -2.14. The second-order valence-electron chi connectivity index (χ2n) is 5.96. The first kappa shape index (κ1) is 20.7. The number of nitrogens with zero attached hydrogens (tertiary/aromatic N) is 1. The molecule has 1 aliphatic heterocycles. The third kappa shape index (κ3) is 4.52. The van der Waals surface area contributed by atoms with Crippen LogP contribution >= 0.6 is 34.4 Å². The Morgan fingerprint density at radius 3 is 2.54 bits per heavy atom. The van der Waals surface area contributed by atoms with Gasteiger partial charge in [0.05, 0.1) is 27.4 Å². The molecule has 146 valence electrons. The van der Waals surface area contributed by atoms with Gasteiger partial charge in [-0.05, 0) is 83.6 Å². The lowest BCUT2D eigenvalue weighted by Crippen LogP contribution is -2.27. The van der Waals surface area contributed by atoms with E-state index in [9.17, 15) is 9.59 Å². The zero-order chi connectivity index (χ0) is 20.1. The van der Waals surface area contributed by atoms with E-state index in [-0.39, 0.29) is 11.1 Å². The van der Waals surface area contributed by atoms with Gasteiger partial charge in [-0.15, -0.1) is 0 Å². The Balaban J connectivity index is 1.93. The summed E-state index contributed by atoms with van der Waals surface area (Å²) in [6, 6.07) is 12.7. The average Bonchev–Trinajstić information content (AvgIpc) is 2.95. The van der Waals surface area contributed by atoms with Gasteiger partial charge in [-0.25, -0.2) is 4.90 Å². The number of hydrogen-bond acceptors (Lipinski definition) is 5. The lowest BCUT2D eigenvalue weighted by atomic mass is 10.1. The minimum Gasteiger partial charge on any atom is -0.490 e. The number of halogens is 1. The third-order valence-corrected chi connectivity index (χ3v) is 5.56. The van der Waals surface area contributed by atoms with E-state index in [1.165, 1.54) is 4.90 Å². The Morgan fingerprint density at radius 1 is 1.11 bits per heavy atom. The maximum Gasteiger partial charge on any atom is 0.298 e. The standard InChI is InChI=1S/C21H20INO4S/c1-3-10-27-19-16(22)11-14(12-17(19)26-4-2)13-18-20(24)23(21(25)28-18)15-8-6-5-7-9-15/h5-9,11-13H,3-4,10H2,1-2H3/b18-13+. The molecule has 5 nitrogen and oxygen atoms in total. The molecule has 28 heavy (non-hydrogen) atoms. The molecule has 0 unspecified atom stereocenters. The molecule has 2 aromatic carbocycles. The number of thioether (sulfide) groups is 1. The van der Waals surface area contributed by atoms with Crippen LogP contribution in [-0.4, -0.2) is 24.4 Å². The SMILES string of the molecule is CCCOc1c(I)cc(/C=C2/SC(=O)N(c3ccccc3)C2=O)cc1OCC. The van der Waals surface area contributed by atoms with Gasteiger partial charge >= 0.3 is 0 Å². The number of imide groups is 1. The van der Waals surface area contributed by atoms with Gasteiger partial charge in [0.1, 0.15) is 0 Å². The predicted octanol–water partition coefficient (Wildman–Crippen LogP) is 5.72. The van der Waals surface area contributed by atoms with Crippen molar-refractivity contribution in [2.24, 2.45) is 0 Å². The van der Waals surface area contributed by atoms with Gasteiger partial charge in [-0.3, -0.25) is 9.59 Å². The first-order valence-corrected chi connectivity index (χ1v) is 10.9. The van der Waals surface area contributed by atoms with Crippen molar-refractivity contribution in [3.63, 3.8) is 0 Å². The van der Waals surface area contributed by atoms with Gasteiger partial charge in [-0.1, -0.05) is 25.1 Å². The molecule has 1 aliphatic rings. The van der Waals surface area contributed by atoms with E-state index >= 15 is 0 Å². The molecule has 0 spiro atoms. The van der Waals surface area contributed by atoms with Crippen LogP contribution in [0.4, 0.5) is 10.5 Å². The molecule has 2 aromatic rings. The van der Waals surface area contributed by atoms with E-state index in [4.69, 9.17) is 9.47 Å². The summed E-state index contributed by atoms with van der Waals surface area (Å²) in [4.78, 5) is 26.7. The van der Waals surface area contributed by atoms with Gasteiger partial charge < -0.3 is 9.47 Å². The number of carbonyl (C=O) groups excluding carboxylic acids is 2. The van der Waals surface area contributed by atoms with Crippen molar-refractivity contribution in [1.82, 2.24) is 0 Å². The highest BCUT2D eigenvalue weighted by Crippen LogP contribution is 2.38. The molecule has 0 N–H and O–H groups in total. The average molecular weight is 509 g/mol. The lowest BCUT2D eigenvalue weighted by molar-refractivity contribution is -0.113. The Labute approximate surface area is 182 Å². The second-order valence-corrected chi connectivity index (χ2v) is 8.12. The molecule has 0 bridgehead atoms. The van der Waals surface area contributed by atoms with Crippen molar-refractivity contribution >= 4 is 57.3 Å². The maximum atomic E-state index is 12.8. The maximum absolute atomic E-state index is 12.8. The van der Waals surface area contributed by atoms with E-state index < -0.39 is 0 Å². The van der Waals surface area contributed by atoms with E-state index in [0.717, 1.165) is 27.3 Å². The Bertz CT molecular complexity index is 914. The Hall–Kier alpha value is -2.00. The monoisotopic (exact) mass is 509 g/mol. The van der Waals surface area contributed by atoms with Crippen LogP contribution in [0.1, 0.15) is 25.8 Å². The number of rotatable bonds is 7. The summed E-state index contributed by atoms with van der Waals surface area (Å²) in [7, 11) is 0. The van der Waals surface area contributed by atoms with Crippen molar-refractivity contribution in [1.29, 1.82) is 0 Å². The molecule has 0 aliphatic carbocycles. The fourth-order valence-corrected chi connectivity index (χ4v) is 4.32. The molecule has 1 heterocycles. The van der Waals surface area contributed by atoms with Gasteiger partial charge in [0, 0.05) is 0 Å². The molecule has 1 fully saturated rings. The number of para-hydroxylation sites is 1. The van der Waals surface area contributed by atoms with Crippen molar-refractivity contribution in [3.05, 3.63) is 56.5 Å². The fourth-order valence-electron chi connectivity index (χ4n) is 2.70. The second kappa shape index (κ2) is 9.47. The van der Waals surface area contributed by atoms with Crippen LogP contribution in [0.5, 0.6) is 11.5 Å². The van der Waals surface area contributed by atoms with E-state index in [2.05, 4.69) is 22.6 Å². The van der Waals surface area contributed by atoms with Crippen LogP contribution in [0, 0.1) is 3.57 Å². The first-order chi connectivity index (χ1) is 13.5. The summed E-state index contributed by atoms with van der Waals surface area (Å²) in [5.41, 5.74) is 1.36. The van der Waals surface area contributed by atoms with Crippen molar-refractivity contribution < 1.29 is 19.1 Å². The first-order valence-electron chi connectivity index (χ1n) is 8.97. The van der Waals surface area contributed by atoms with E-state index in [1.54, 1.807) is 30.3 Å². The normalized spacial score (nSPS) is 15.4. The van der Waals surface area contributed by atoms with Gasteiger partial charge in [0.15, 0.2) is 11.5 Å². The molecule has 2 amide bonds. The van der Waals surface area contributed by atoms with Crippen LogP contribution in [0.3, 0.4) is 0 Å². The fraction of sp³-hybridized carbons (Fsp3) is 0.238. The van der Waals surface area contributed by atoms with Gasteiger partial charge in [-0.2, -0.15) is 0 Å². The van der Waals surface area contributed by atoms with Crippen LogP contribution in [-0.2, 0) is 4.79 Å². The van der Waals surface area contributed by atoms with Gasteiger partial charge in [0.2, 0.25) is 0 Å². The van der Waals surface area contributed by atoms with Crippen molar-refractivity contribution in [2.45, 2.75) is 20.3 Å². The molecule has 0 radical (unpaired) electrons. The third-order valence-electron chi connectivity index (χ3n) is 3.89. The molecule has 7 heteroatoms. The van der Waals surface area contributed by atoms with E-state index in [1.807, 2.05) is 32.0 Å². The minimum atomic E-state index is -0.319. The summed E-state index contributed by atoms with van der Waals surface area (Å²) >= 11 is 3.14. The van der Waals surface area contributed by atoms with Crippen molar-refractivity contribution in [2.75, 3.05) is 18.1 Å². The molecule has 3 rings (SSSR count). The Kier molecular flexibility index (Phi) is 7.01.